The van der Waals surface area contributed by atoms with Gasteiger partial charge in [0, 0.05) is 12.6 Å². The zero-order valence-corrected chi connectivity index (χ0v) is 11.4. The summed E-state index contributed by atoms with van der Waals surface area (Å²) in [4.78, 5) is 12.7. The molecule has 0 saturated carbocycles. The summed E-state index contributed by atoms with van der Waals surface area (Å²) in [5.74, 6) is 0.0574. The van der Waals surface area contributed by atoms with Crippen molar-refractivity contribution in [3.63, 3.8) is 0 Å². The van der Waals surface area contributed by atoms with Crippen molar-refractivity contribution in [1.29, 1.82) is 0 Å². The van der Waals surface area contributed by atoms with Gasteiger partial charge in [-0.3, -0.25) is 9.69 Å². The number of carboxylic acid groups (broad SMARTS) is 1. The highest BCUT2D eigenvalue weighted by molar-refractivity contribution is 5.69. The van der Waals surface area contributed by atoms with Crippen LogP contribution in [0.15, 0.2) is 18.2 Å². The summed E-state index contributed by atoms with van der Waals surface area (Å²) in [6, 6.07) is 6.13. The molecule has 0 unspecified atom stereocenters. The quantitative estimate of drug-likeness (QED) is 0.843. The number of methoxy groups -OCH3 is 1. The molecule has 0 amide bonds. The number of carbonyl (C=O) groups is 1. The molecular weight excluding hydrogens is 230 g/mol. The fourth-order valence-electron chi connectivity index (χ4n) is 1.87. The van der Waals surface area contributed by atoms with Crippen LogP contribution >= 0.6 is 0 Å². The molecule has 1 aromatic carbocycles. The smallest absolute Gasteiger partial charge is 0.317 e. The van der Waals surface area contributed by atoms with Crippen molar-refractivity contribution in [3.05, 3.63) is 29.3 Å². The fourth-order valence-corrected chi connectivity index (χ4v) is 1.87. The molecule has 4 nitrogen and oxygen atoms in total. The van der Waals surface area contributed by atoms with Crippen molar-refractivity contribution in [3.8, 4) is 5.75 Å². The molecule has 1 N–H and O–H groups in total. The molecule has 0 aromatic heterocycles. The number of benzene rings is 1. The zero-order valence-electron chi connectivity index (χ0n) is 11.4. The number of nitrogens with zero attached hydrogens (tertiary/aromatic N) is 1. The molecule has 0 bridgehead atoms. The van der Waals surface area contributed by atoms with E-state index in [-0.39, 0.29) is 12.6 Å². The second-order valence-corrected chi connectivity index (χ2v) is 4.70. The number of ether oxygens (including phenoxy) is 1. The highest BCUT2D eigenvalue weighted by Crippen LogP contribution is 2.19. The van der Waals surface area contributed by atoms with Crippen LogP contribution in [0.5, 0.6) is 5.75 Å². The van der Waals surface area contributed by atoms with E-state index in [1.807, 2.05) is 43.9 Å². The van der Waals surface area contributed by atoms with Gasteiger partial charge in [0.15, 0.2) is 0 Å². The third-order valence-corrected chi connectivity index (χ3v) is 2.91. The van der Waals surface area contributed by atoms with E-state index in [9.17, 15) is 4.79 Å². The molecule has 1 aromatic rings. The van der Waals surface area contributed by atoms with E-state index in [0.717, 1.165) is 16.9 Å². The molecule has 1 rings (SSSR count). The van der Waals surface area contributed by atoms with Gasteiger partial charge in [0.05, 0.1) is 13.7 Å². The van der Waals surface area contributed by atoms with Crippen molar-refractivity contribution in [2.75, 3.05) is 13.7 Å². The summed E-state index contributed by atoms with van der Waals surface area (Å²) in [6.07, 6.45) is 0. The third kappa shape index (κ3) is 4.04. The molecule has 18 heavy (non-hydrogen) atoms. The number of hydrogen-bond donors (Lipinski definition) is 1. The second kappa shape index (κ2) is 6.40. The summed E-state index contributed by atoms with van der Waals surface area (Å²) in [5.41, 5.74) is 2.16. The largest absolute Gasteiger partial charge is 0.496 e. The Morgan fingerprint density at radius 3 is 2.56 bits per heavy atom. The summed E-state index contributed by atoms with van der Waals surface area (Å²) in [6.45, 7) is 6.68. The van der Waals surface area contributed by atoms with Gasteiger partial charge in [-0.1, -0.05) is 12.1 Å². The zero-order chi connectivity index (χ0) is 13.7. The van der Waals surface area contributed by atoms with Crippen molar-refractivity contribution >= 4 is 5.97 Å². The molecular formula is C14H21NO3. The minimum atomic E-state index is -0.797. The molecule has 0 radical (unpaired) electrons. The van der Waals surface area contributed by atoms with Crippen LogP contribution in [0.2, 0.25) is 0 Å². The Bertz CT molecular complexity index is 416. The monoisotopic (exact) mass is 251 g/mol. The van der Waals surface area contributed by atoms with Crippen LogP contribution in [0.1, 0.15) is 25.0 Å². The lowest BCUT2D eigenvalue weighted by Crippen LogP contribution is -2.35. The van der Waals surface area contributed by atoms with Gasteiger partial charge in [0.2, 0.25) is 0 Å². The molecule has 4 heteroatoms. The van der Waals surface area contributed by atoms with Crippen molar-refractivity contribution < 1.29 is 14.6 Å². The normalized spacial score (nSPS) is 11.0. The van der Waals surface area contributed by atoms with Gasteiger partial charge in [-0.25, -0.2) is 0 Å². The standard InChI is InChI=1S/C14H21NO3/c1-10(2)15(9-14(16)17)8-12-5-6-13(18-4)11(3)7-12/h5-7,10H,8-9H2,1-4H3,(H,16,17). The number of rotatable bonds is 6. The topological polar surface area (TPSA) is 49.8 Å². The van der Waals surface area contributed by atoms with E-state index < -0.39 is 5.97 Å². The number of aryl methyl sites for hydroxylation is 1. The van der Waals surface area contributed by atoms with Crippen LogP contribution in [-0.2, 0) is 11.3 Å². The van der Waals surface area contributed by atoms with Gasteiger partial charge in [-0.05, 0) is 38.0 Å². The number of hydrogen-bond acceptors (Lipinski definition) is 3. The maximum Gasteiger partial charge on any atom is 0.317 e. The van der Waals surface area contributed by atoms with Crippen molar-refractivity contribution in [2.24, 2.45) is 0 Å². The van der Waals surface area contributed by atoms with Crippen molar-refractivity contribution in [1.82, 2.24) is 4.90 Å². The minimum Gasteiger partial charge on any atom is -0.496 e. The van der Waals surface area contributed by atoms with Crippen molar-refractivity contribution in [2.45, 2.75) is 33.4 Å². The van der Waals surface area contributed by atoms with E-state index in [1.165, 1.54) is 0 Å². The predicted octanol–water partition coefficient (Wildman–Crippen LogP) is 2.30. The summed E-state index contributed by atoms with van der Waals surface area (Å²) in [5, 5.41) is 8.89. The average Bonchev–Trinajstić information content (AvgIpc) is 2.27. The second-order valence-electron chi connectivity index (χ2n) is 4.70. The Labute approximate surface area is 108 Å². The van der Waals surface area contributed by atoms with E-state index >= 15 is 0 Å². The Morgan fingerprint density at radius 1 is 1.44 bits per heavy atom. The molecule has 0 aliphatic heterocycles. The third-order valence-electron chi connectivity index (χ3n) is 2.91. The van der Waals surface area contributed by atoms with Crippen LogP contribution < -0.4 is 4.74 Å². The summed E-state index contributed by atoms with van der Waals surface area (Å²) < 4.78 is 5.21. The number of aliphatic carboxylic acids is 1. The first kappa shape index (κ1) is 14.5. The van der Waals surface area contributed by atoms with E-state index in [0.29, 0.717) is 6.54 Å². The lowest BCUT2D eigenvalue weighted by atomic mass is 10.1. The van der Waals surface area contributed by atoms with Gasteiger partial charge in [-0.2, -0.15) is 0 Å². The van der Waals surface area contributed by atoms with Gasteiger partial charge < -0.3 is 9.84 Å². The number of carboxylic acids is 1. The molecule has 0 saturated heterocycles. The Morgan fingerprint density at radius 2 is 2.11 bits per heavy atom. The summed E-state index contributed by atoms with van der Waals surface area (Å²) >= 11 is 0. The van der Waals surface area contributed by atoms with Crippen LogP contribution in [0.4, 0.5) is 0 Å². The van der Waals surface area contributed by atoms with E-state index in [1.54, 1.807) is 7.11 Å². The van der Waals surface area contributed by atoms with Gasteiger partial charge in [0.25, 0.3) is 0 Å². The lowest BCUT2D eigenvalue weighted by molar-refractivity contribution is -0.138. The molecule has 0 aliphatic carbocycles. The maximum absolute atomic E-state index is 10.8. The molecule has 0 atom stereocenters. The first-order valence-corrected chi connectivity index (χ1v) is 6.03. The van der Waals surface area contributed by atoms with Crippen LogP contribution in [0.25, 0.3) is 0 Å². The van der Waals surface area contributed by atoms with E-state index in [2.05, 4.69) is 0 Å². The SMILES string of the molecule is COc1ccc(CN(CC(=O)O)C(C)C)cc1C. The fraction of sp³-hybridized carbons (Fsp3) is 0.500. The molecule has 0 spiro atoms. The Balaban J connectivity index is 2.80. The Hall–Kier alpha value is -1.55. The highest BCUT2D eigenvalue weighted by atomic mass is 16.5. The first-order valence-electron chi connectivity index (χ1n) is 6.03. The van der Waals surface area contributed by atoms with Gasteiger partial charge in [-0.15, -0.1) is 0 Å². The van der Waals surface area contributed by atoms with Gasteiger partial charge in [0.1, 0.15) is 5.75 Å². The molecule has 0 fully saturated rings. The molecule has 0 heterocycles. The van der Waals surface area contributed by atoms with Crippen LogP contribution in [-0.4, -0.2) is 35.7 Å². The molecule has 0 aliphatic rings. The molecule has 100 valence electrons. The Kier molecular flexibility index (Phi) is 5.16. The maximum atomic E-state index is 10.8. The van der Waals surface area contributed by atoms with E-state index in [4.69, 9.17) is 9.84 Å². The van der Waals surface area contributed by atoms with Crippen LogP contribution in [0, 0.1) is 6.92 Å². The minimum absolute atomic E-state index is 0.0583. The highest BCUT2D eigenvalue weighted by Gasteiger charge is 2.14. The van der Waals surface area contributed by atoms with Gasteiger partial charge >= 0.3 is 5.97 Å². The summed E-state index contributed by atoms with van der Waals surface area (Å²) in [7, 11) is 1.65. The lowest BCUT2D eigenvalue weighted by Gasteiger charge is -2.24. The average molecular weight is 251 g/mol. The predicted molar refractivity (Wildman–Crippen MR) is 70.9 cm³/mol. The van der Waals surface area contributed by atoms with Crippen LogP contribution in [0.3, 0.4) is 0 Å². The first-order chi connectivity index (χ1) is 8.43.